The predicted molar refractivity (Wildman–Crippen MR) is 145 cm³/mol. The van der Waals surface area contributed by atoms with Gasteiger partial charge in [0.2, 0.25) is 5.91 Å². The minimum atomic E-state index is -0.555. The number of aromatic nitrogens is 1. The molecule has 194 valence electrons. The number of pyridine rings is 1. The van der Waals surface area contributed by atoms with Gasteiger partial charge in [-0.2, -0.15) is 0 Å². The molecule has 1 aliphatic heterocycles. The van der Waals surface area contributed by atoms with Gasteiger partial charge < -0.3 is 10.1 Å². The van der Waals surface area contributed by atoms with Crippen molar-refractivity contribution in [1.29, 1.82) is 0 Å². The number of amides is 2. The largest absolute Gasteiger partial charge is 0.442 e. The topological polar surface area (TPSA) is 74.8 Å². The minimum absolute atomic E-state index is 0.199. The molecule has 1 N–H and O–H groups in total. The third-order valence-electron chi connectivity index (χ3n) is 6.53. The van der Waals surface area contributed by atoms with E-state index in [1.165, 1.54) is 17.9 Å². The molecule has 2 amide bonds. The first-order chi connectivity index (χ1) is 18.4. The molecule has 1 atom stereocenters. The number of rotatable bonds is 8. The van der Waals surface area contributed by atoms with Crippen LogP contribution in [-0.2, 0) is 22.6 Å². The predicted octanol–water partition coefficient (Wildman–Crippen LogP) is 5.13. The number of halogens is 1. The summed E-state index contributed by atoms with van der Waals surface area (Å²) in [4.78, 5) is 31.5. The van der Waals surface area contributed by atoms with Gasteiger partial charge in [0.25, 0.3) is 0 Å². The van der Waals surface area contributed by atoms with E-state index in [1.54, 1.807) is 12.1 Å². The average Bonchev–Trinajstić information content (AvgIpc) is 3.28. The van der Waals surface area contributed by atoms with Crippen molar-refractivity contribution in [1.82, 2.24) is 15.2 Å². The summed E-state index contributed by atoms with van der Waals surface area (Å²) in [5.41, 5.74) is 4.88. The van der Waals surface area contributed by atoms with E-state index < -0.39 is 18.0 Å². The lowest BCUT2D eigenvalue weighted by molar-refractivity contribution is -0.119. The van der Waals surface area contributed by atoms with Crippen molar-refractivity contribution in [2.24, 2.45) is 0 Å². The number of anilines is 1. The fraction of sp³-hybridized carbons (Fsp3) is 0.233. The molecule has 2 heterocycles. The zero-order chi connectivity index (χ0) is 26.6. The van der Waals surface area contributed by atoms with Crippen molar-refractivity contribution < 1.29 is 18.7 Å². The number of hydrogen-bond donors (Lipinski definition) is 1. The van der Waals surface area contributed by atoms with Gasteiger partial charge in [-0.1, -0.05) is 42.5 Å². The van der Waals surface area contributed by atoms with Crippen molar-refractivity contribution >= 4 is 28.6 Å². The molecule has 0 radical (unpaired) electrons. The van der Waals surface area contributed by atoms with Crippen LogP contribution in [0.2, 0.25) is 0 Å². The van der Waals surface area contributed by atoms with Gasteiger partial charge in [-0.15, -0.1) is 0 Å². The molecule has 0 spiro atoms. The van der Waals surface area contributed by atoms with E-state index in [0.717, 1.165) is 40.7 Å². The highest BCUT2D eigenvalue weighted by Gasteiger charge is 2.32. The number of ether oxygens (including phenoxy) is 1. The molecule has 1 saturated heterocycles. The van der Waals surface area contributed by atoms with Crippen molar-refractivity contribution in [3.63, 3.8) is 0 Å². The van der Waals surface area contributed by atoms with Crippen LogP contribution in [0, 0.1) is 5.82 Å². The van der Waals surface area contributed by atoms with Crippen LogP contribution in [0.25, 0.3) is 22.0 Å². The number of carbonyl (C=O) groups is 2. The second kappa shape index (κ2) is 11.0. The van der Waals surface area contributed by atoms with Gasteiger partial charge in [-0.25, -0.2) is 9.18 Å². The number of fused-ring (bicyclic) bond motifs is 1. The first-order valence-corrected chi connectivity index (χ1v) is 12.5. The van der Waals surface area contributed by atoms with Gasteiger partial charge in [0.15, 0.2) is 0 Å². The second-order valence-corrected chi connectivity index (χ2v) is 9.62. The molecule has 1 fully saturated rings. The molecule has 7 nitrogen and oxygen atoms in total. The Balaban J connectivity index is 1.22. The van der Waals surface area contributed by atoms with Crippen LogP contribution in [0.1, 0.15) is 18.1 Å². The smallest absolute Gasteiger partial charge is 0.414 e. The Bertz CT molecular complexity index is 1470. The third kappa shape index (κ3) is 5.81. The van der Waals surface area contributed by atoms with Crippen molar-refractivity contribution in [3.8, 4) is 11.1 Å². The fourth-order valence-corrected chi connectivity index (χ4v) is 4.67. The van der Waals surface area contributed by atoms with E-state index >= 15 is 4.39 Å². The van der Waals surface area contributed by atoms with Gasteiger partial charge in [0.1, 0.15) is 11.9 Å². The highest BCUT2D eigenvalue weighted by Crippen LogP contribution is 2.29. The first-order valence-electron chi connectivity index (χ1n) is 12.5. The van der Waals surface area contributed by atoms with Gasteiger partial charge >= 0.3 is 6.09 Å². The molecule has 4 aromatic rings. The zero-order valence-corrected chi connectivity index (χ0v) is 21.4. The summed E-state index contributed by atoms with van der Waals surface area (Å²) in [6.45, 7) is 3.37. The summed E-state index contributed by atoms with van der Waals surface area (Å²) < 4.78 is 20.4. The molecule has 5 rings (SSSR count). The molecule has 38 heavy (non-hydrogen) atoms. The molecule has 0 bridgehead atoms. The van der Waals surface area contributed by atoms with E-state index in [1.807, 2.05) is 48.7 Å². The maximum atomic E-state index is 15.1. The molecule has 1 aliphatic rings. The Labute approximate surface area is 220 Å². The van der Waals surface area contributed by atoms with E-state index in [2.05, 4.69) is 34.4 Å². The van der Waals surface area contributed by atoms with Gasteiger partial charge in [0, 0.05) is 37.2 Å². The van der Waals surface area contributed by atoms with Gasteiger partial charge in [-0.05, 0) is 54.1 Å². The van der Waals surface area contributed by atoms with Crippen LogP contribution in [0.3, 0.4) is 0 Å². The molecule has 3 aromatic carbocycles. The Hall–Kier alpha value is -4.30. The Morgan fingerprint density at radius 2 is 1.84 bits per heavy atom. The zero-order valence-electron chi connectivity index (χ0n) is 21.4. The summed E-state index contributed by atoms with van der Waals surface area (Å²) >= 11 is 0. The molecular weight excluding hydrogens is 483 g/mol. The maximum absolute atomic E-state index is 15.1. The summed E-state index contributed by atoms with van der Waals surface area (Å²) in [6, 6.07) is 22.8. The van der Waals surface area contributed by atoms with E-state index in [9.17, 15) is 9.59 Å². The van der Waals surface area contributed by atoms with Crippen molar-refractivity contribution in [2.45, 2.75) is 26.1 Å². The van der Waals surface area contributed by atoms with Gasteiger partial charge in [-0.3, -0.25) is 19.6 Å². The number of nitrogens with one attached hydrogen (secondary N) is 1. The Morgan fingerprint density at radius 1 is 1.08 bits per heavy atom. The van der Waals surface area contributed by atoms with Crippen LogP contribution in [-0.4, -0.2) is 48.1 Å². The molecule has 1 aromatic heterocycles. The Morgan fingerprint density at radius 3 is 2.61 bits per heavy atom. The minimum Gasteiger partial charge on any atom is -0.442 e. The number of para-hydroxylation sites is 1. The monoisotopic (exact) mass is 512 g/mol. The quantitative estimate of drug-likeness (QED) is 0.354. The molecule has 8 heteroatoms. The van der Waals surface area contributed by atoms with E-state index in [0.29, 0.717) is 11.3 Å². The molecule has 0 unspecified atom stereocenters. The standard InChI is InChI=1S/C30H29FN4O3/c1-20(36)32-16-26-19-35(30(37)38-26)25-11-12-27(28(31)14-25)23-9-7-21(8-10-23)17-34(2)18-22-13-24-5-3-4-6-29(24)33-15-22/h3-15,26H,16-19H2,1-2H3,(H,32,36)/t26-/m0/s1. The molecule has 0 saturated carbocycles. The lowest BCUT2D eigenvalue weighted by Crippen LogP contribution is -2.33. The average molecular weight is 513 g/mol. The Kier molecular flexibility index (Phi) is 7.33. The van der Waals surface area contributed by atoms with Crippen LogP contribution >= 0.6 is 0 Å². The normalized spacial score (nSPS) is 15.2. The van der Waals surface area contributed by atoms with Gasteiger partial charge in [0.05, 0.1) is 24.3 Å². The summed E-state index contributed by atoms with van der Waals surface area (Å²) in [5, 5.41) is 3.76. The molecule has 0 aliphatic carbocycles. The third-order valence-corrected chi connectivity index (χ3v) is 6.53. The first kappa shape index (κ1) is 25.4. The maximum Gasteiger partial charge on any atom is 0.414 e. The van der Waals surface area contributed by atoms with Crippen LogP contribution in [0.15, 0.2) is 79.0 Å². The summed E-state index contributed by atoms with van der Waals surface area (Å²) in [7, 11) is 2.06. The SMILES string of the molecule is CC(=O)NC[C@H]1CN(c2ccc(-c3ccc(CN(C)Cc4cnc5ccccc5c4)cc3)c(F)c2)C(=O)O1. The van der Waals surface area contributed by atoms with Crippen molar-refractivity contribution in [2.75, 3.05) is 25.0 Å². The number of nitrogens with zero attached hydrogens (tertiary/aromatic N) is 3. The second-order valence-electron chi connectivity index (χ2n) is 9.62. The number of cyclic esters (lactones) is 1. The highest BCUT2D eigenvalue weighted by molar-refractivity contribution is 5.90. The molecular formula is C30H29FN4O3. The van der Waals surface area contributed by atoms with E-state index in [-0.39, 0.29) is 19.0 Å². The summed E-state index contributed by atoms with van der Waals surface area (Å²) in [6.07, 6.45) is 0.886. The van der Waals surface area contributed by atoms with E-state index in [4.69, 9.17) is 4.74 Å². The highest BCUT2D eigenvalue weighted by atomic mass is 19.1. The van der Waals surface area contributed by atoms with Crippen LogP contribution < -0.4 is 10.2 Å². The number of carbonyl (C=O) groups excluding carboxylic acids is 2. The number of benzene rings is 3. The fourth-order valence-electron chi connectivity index (χ4n) is 4.67. The summed E-state index contributed by atoms with van der Waals surface area (Å²) in [5.74, 6) is -0.621. The van der Waals surface area contributed by atoms with Crippen LogP contribution in [0.5, 0.6) is 0 Å². The lowest BCUT2D eigenvalue weighted by Gasteiger charge is -2.17. The lowest BCUT2D eigenvalue weighted by atomic mass is 10.0. The number of hydrogen-bond acceptors (Lipinski definition) is 5. The van der Waals surface area contributed by atoms with Crippen molar-refractivity contribution in [3.05, 3.63) is 95.9 Å². The van der Waals surface area contributed by atoms with Crippen LogP contribution in [0.4, 0.5) is 14.9 Å².